The van der Waals surface area contributed by atoms with E-state index in [1.807, 2.05) is 30.5 Å². The summed E-state index contributed by atoms with van der Waals surface area (Å²) in [7, 11) is 0. The number of pyridine rings is 2. The van der Waals surface area contributed by atoms with Crippen molar-refractivity contribution in [2.24, 2.45) is 0 Å². The van der Waals surface area contributed by atoms with Gasteiger partial charge < -0.3 is 10.1 Å². The van der Waals surface area contributed by atoms with Crippen LogP contribution >= 0.6 is 11.6 Å². The van der Waals surface area contributed by atoms with Gasteiger partial charge in [-0.1, -0.05) is 17.7 Å². The third-order valence-corrected chi connectivity index (χ3v) is 5.30. The molecule has 142 valence electrons. The highest BCUT2D eigenvalue weighted by Crippen LogP contribution is 2.34. The average Bonchev–Trinajstić information content (AvgIpc) is 3.27. The van der Waals surface area contributed by atoms with Crippen LogP contribution in [-0.2, 0) is 19.7 Å². The van der Waals surface area contributed by atoms with E-state index in [-0.39, 0.29) is 0 Å². The molecule has 28 heavy (non-hydrogen) atoms. The van der Waals surface area contributed by atoms with Gasteiger partial charge in [0.2, 0.25) is 0 Å². The van der Waals surface area contributed by atoms with Gasteiger partial charge in [-0.15, -0.1) is 0 Å². The molecule has 4 aromatic heterocycles. The van der Waals surface area contributed by atoms with Crippen LogP contribution in [0.2, 0.25) is 5.02 Å². The second kappa shape index (κ2) is 6.92. The molecular weight excluding hydrogens is 376 g/mol. The maximum Gasteiger partial charge on any atom is 0.147 e. The van der Waals surface area contributed by atoms with Gasteiger partial charge in [-0.3, -0.25) is 9.67 Å². The average molecular weight is 395 g/mol. The Hall–Kier alpha value is -2.90. The summed E-state index contributed by atoms with van der Waals surface area (Å²) in [6.07, 6.45) is 5.33. The molecule has 0 saturated heterocycles. The molecule has 0 spiro atoms. The summed E-state index contributed by atoms with van der Waals surface area (Å²) >= 11 is 6.36. The second-order valence-electron chi connectivity index (χ2n) is 6.81. The lowest BCUT2D eigenvalue weighted by Crippen LogP contribution is -2.28. The summed E-state index contributed by atoms with van der Waals surface area (Å²) < 4.78 is 9.92. The zero-order valence-electron chi connectivity index (χ0n) is 15.4. The molecule has 5 heterocycles. The molecule has 0 saturated carbocycles. The quantitative estimate of drug-likeness (QED) is 0.575. The minimum Gasteiger partial charge on any atom is -0.485 e. The fourth-order valence-corrected chi connectivity index (χ4v) is 3.81. The minimum absolute atomic E-state index is 0.351. The van der Waals surface area contributed by atoms with Crippen LogP contribution in [0, 0.1) is 6.92 Å². The Morgan fingerprint density at radius 3 is 3.07 bits per heavy atom. The normalized spacial score (nSPS) is 13.6. The van der Waals surface area contributed by atoms with Crippen molar-refractivity contribution < 1.29 is 4.74 Å². The van der Waals surface area contributed by atoms with Gasteiger partial charge in [-0.05, 0) is 30.7 Å². The molecule has 1 N–H and O–H groups in total. The van der Waals surface area contributed by atoms with Crippen LogP contribution in [0.15, 0.2) is 42.9 Å². The Kier molecular flexibility index (Phi) is 4.26. The van der Waals surface area contributed by atoms with E-state index in [1.165, 1.54) is 11.3 Å². The summed E-state index contributed by atoms with van der Waals surface area (Å²) in [6.45, 7) is 5.09. The smallest absolute Gasteiger partial charge is 0.147 e. The lowest BCUT2D eigenvalue weighted by Gasteiger charge is -2.14. The summed E-state index contributed by atoms with van der Waals surface area (Å²) in [4.78, 5) is 4.32. The minimum atomic E-state index is 0.351. The molecule has 0 unspecified atom stereocenters. The Labute approximate surface area is 166 Å². The van der Waals surface area contributed by atoms with Crippen molar-refractivity contribution in [3.63, 3.8) is 0 Å². The van der Waals surface area contributed by atoms with Crippen molar-refractivity contribution >= 4 is 17.1 Å². The van der Waals surface area contributed by atoms with Crippen LogP contribution in [0.1, 0.15) is 17.0 Å². The van der Waals surface area contributed by atoms with E-state index in [4.69, 9.17) is 21.4 Å². The van der Waals surface area contributed by atoms with Crippen molar-refractivity contribution in [1.29, 1.82) is 0 Å². The van der Waals surface area contributed by atoms with Gasteiger partial charge in [0.05, 0.1) is 34.8 Å². The maximum absolute atomic E-state index is 6.36. The molecule has 5 rings (SSSR count). The number of halogens is 1. The van der Waals surface area contributed by atoms with Crippen LogP contribution in [0.4, 0.5) is 0 Å². The SMILES string of the molecule is Cc1c(-c2cc(OCc3ccccn3)c3c(Cl)cnn3c2)nn2c1CNCC2. The van der Waals surface area contributed by atoms with Gasteiger partial charge in [0, 0.05) is 31.0 Å². The van der Waals surface area contributed by atoms with Crippen LogP contribution < -0.4 is 10.1 Å². The third-order valence-electron chi connectivity index (χ3n) is 5.02. The Morgan fingerprint density at radius 2 is 2.25 bits per heavy atom. The Morgan fingerprint density at radius 1 is 1.32 bits per heavy atom. The molecule has 0 atom stereocenters. The Bertz CT molecular complexity index is 1150. The molecule has 7 nitrogen and oxygen atoms in total. The summed E-state index contributed by atoms with van der Waals surface area (Å²) in [5, 5.41) is 13.2. The predicted octanol–water partition coefficient (Wildman–Crippen LogP) is 3.24. The highest BCUT2D eigenvalue weighted by molar-refractivity contribution is 6.34. The summed E-state index contributed by atoms with van der Waals surface area (Å²) in [5.41, 5.74) is 5.86. The first-order valence-electron chi connectivity index (χ1n) is 9.17. The van der Waals surface area contributed by atoms with E-state index in [1.54, 1.807) is 16.9 Å². The van der Waals surface area contributed by atoms with E-state index in [0.717, 1.165) is 42.1 Å². The van der Waals surface area contributed by atoms with Crippen LogP contribution in [-0.4, -0.2) is 30.9 Å². The number of ether oxygens (including phenoxy) is 1. The van der Waals surface area contributed by atoms with Crippen molar-refractivity contribution in [1.82, 2.24) is 29.7 Å². The Balaban J connectivity index is 1.58. The van der Waals surface area contributed by atoms with Crippen molar-refractivity contribution in [2.45, 2.75) is 26.6 Å². The molecule has 0 fully saturated rings. The van der Waals surface area contributed by atoms with Gasteiger partial charge in [0.1, 0.15) is 17.9 Å². The van der Waals surface area contributed by atoms with Crippen molar-refractivity contribution in [3.05, 3.63) is 64.8 Å². The zero-order valence-corrected chi connectivity index (χ0v) is 16.1. The van der Waals surface area contributed by atoms with Crippen LogP contribution in [0.5, 0.6) is 5.75 Å². The largest absolute Gasteiger partial charge is 0.485 e. The fourth-order valence-electron chi connectivity index (χ4n) is 3.58. The van der Waals surface area contributed by atoms with Gasteiger partial charge in [0.15, 0.2) is 0 Å². The molecule has 0 aliphatic carbocycles. The number of hydrogen-bond acceptors (Lipinski definition) is 5. The lowest BCUT2D eigenvalue weighted by atomic mass is 10.1. The van der Waals surface area contributed by atoms with Crippen molar-refractivity contribution in [3.8, 4) is 17.0 Å². The first-order valence-corrected chi connectivity index (χ1v) is 9.55. The molecule has 4 aromatic rings. The molecule has 0 bridgehead atoms. The highest BCUT2D eigenvalue weighted by Gasteiger charge is 2.20. The van der Waals surface area contributed by atoms with Gasteiger partial charge in [0.25, 0.3) is 0 Å². The number of hydrogen-bond donors (Lipinski definition) is 1. The second-order valence-corrected chi connectivity index (χ2v) is 7.22. The van der Waals surface area contributed by atoms with Crippen LogP contribution in [0.25, 0.3) is 16.8 Å². The third kappa shape index (κ3) is 2.93. The van der Waals surface area contributed by atoms with E-state index >= 15 is 0 Å². The predicted molar refractivity (Wildman–Crippen MR) is 106 cm³/mol. The summed E-state index contributed by atoms with van der Waals surface area (Å²) in [6, 6.07) is 7.74. The number of nitrogens with zero attached hydrogens (tertiary/aromatic N) is 5. The number of fused-ring (bicyclic) bond motifs is 2. The van der Waals surface area contributed by atoms with E-state index in [2.05, 4.69) is 27.0 Å². The topological polar surface area (TPSA) is 69.3 Å². The molecule has 0 radical (unpaired) electrons. The van der Waals surface area contributed by atoms with E-state index in [0.29, 0.717) is 17.4 Å². The van der Waals surface area contributed by atoms with Crippen LogP contribution in [0.3, 0.4) is 0 Å². The zero-order chi connectivity index (χ0) is 19.1. The summed E-state index contributed by atoms with van der Waals surface area (Å²) in [5.74, 6) is 0.661. The number of aromatic nitrogens is 5. The molecule has 1 aliphatic heterocycles. The van der Waals surface area contributed by atoms with E-state index in [9.17, 15) is 0 Å². The first-order chi connectivity index (χ1) is 13.7. The number of rotatable bonds is 4. The highest BCUT2D eigenvalue weighted by atomic mass is 35.5. The fraction of sp³-hybridized carbons (Fsp3) is 0.250. The van der Waals surface area contributed by atoms with E-state index < -0.39 is 0 Å². The maximum atomic E-state index is 6.36. The number of nitrogens with one attached hydrogen (secondary N) is 1. The van der Waals surface area contributed by atoms with Gasteiger partial charge in [-0.25, -0.2) is 4.52 Å². The molecule has 0 amide bonds. The molecule has 1 aliphatic rings. The molecule has 0 aromatic carbocycles. The molecule has 8 heteroatoms. The van der Waals surface area contributed by atoms with Crippen molar-refractivity contribution in [2.75, 3.05) is 6.54 Å². The van der Waals surface area contributed by atoms with Gasteiger partial charge >= 0.3 is 0 Å². The monoisotopic (exact) mass is 394 g/mol. The first kappa shape index (κ1) is 17.2. The van der Waals surface area contributed by atoms with Gasteiger partial charge in [-0.2, -0.15) is 10.2 Å². The lowest BCUT2D eigenvalue weighted by molar-refractivity contribution is 0.304. The standard InChI is InChI=1S/C20H19ClN6O/c1-13-17-10-22-6-7-26(17)25-19(13)14-8-18(20-16(21)9-24-27(20)11-14)28-12-15-4-2-3-5-23-15/h2-5,8-9,11,22H,6-7,10,12H2,1H3. The molecular formula is C20H19ClN6O.